The maximum absolute atomic E-state index is 6.44. The molecule has 0 aliphatic heterocycles. The highest BCUT2D eigenvalue weighted by Gasteiger charge is 2.18. The Labute approximate surface area is 331 Å². The van der Waals surface area contributed by atoms with Crippen LogP contribution >= 0.6 is 0 Å². The minimum absolute atomic E-state index is 0.852. The van der Waals surface area contributed by atoms with Crippen LogP contribution < -0.4 is 0 Å². The molecule has 12 aromatic rings. The summed E-state index contributed by atoms with van der Waals surface area (Å²) >= 11 is 0. The van der Waals surface area contributed by atoms with Gasteiger partial charge in [-0.1, -0.05) is 97.1 Å². The van der Waals surface area contributed by atoms with E-state index in [1.54, 1.807) is 0 Å². The number of benzene rings is 8. The number of fused-ring (bicyclic) bond motifs is 12. The predicted molar refractivity (Wildman–Crippen MR) is 238 cm³/mol. The molecule has 58 heavy (non-hydrogen) atoms. The number of furan rings is 4. The van der Waals surface area contributed by atoms with Gasteiger partial charge in [0.1, 0.15) is 44.7 Å². The first-order valence-corrected chi connectivity index (χ1v) is 19.8. The molecule has 272 valence electrons. The second-order valence-corrected chi connectivity index (χ2v) is 15.5. The molecule has 8 aromatic carbocycles. The average Bonchev–Trinajstić information content (AvgIpc) is 4.04. The minimum atomic E-state index is 0.852. The normalized spacial score (nSPS) is 13.4. The molecule has 1 aliphatic rings. The van der Waals surface area contributed by atoms with Crippen molar-refractivity contribution in [1.82, 2.24) is 0 Å². The molecule has 4 aromatic heterocycles. The topological polar surface area (TPSA) is 52.6 Å². The largest absolute Gasteiger partial charge is 0.456 e. The van der Waals surface area contributed by atoms with E-state index in [1.807, 2.05) is 6.07 Å². The molecule has 1 aliphatic carbocycles. The van der Waals surface area contributed by atoms with Crippen molar-refractivity contribution < 1.29 is 17.7 Å². The van der Waals surface area contributed by atoms with E-state index in [0.717, 1.165) is 128 Å². The maximum atomic E-state index is 6.44. The molecule has 0 N–H and O–H groups in total. The van der Waals surface area contributed by atoms with Crippen molar-refractivity contribution in [3.05, 3.63) is 175 Å². The Morgan fingerprint density at radius 2 is 0.638 bits per heavy atom. The van der Waals surface area contributed by atoms with Gasteiger partial charge in [0.05, 0.1) is 0 Å². The number of rotatable bonds is 4. The average molecular weight is 745 g/mol. The summed E-state index contributed by atoms with van der Waals surface area (Å²) in [6.07, 6.45) is 8.73. The van der Waals surface area contributed by atoms with Gasteiger partial charge in [-0.3, -0.25) is 0 Å². The third-order valence-electron chi connectivity index (χ3n) is 12.2. The standard InChI is InChI=1S/C54H32O4/c1-3-7-31(8-4-1)35-15-19-47-39(23-35)43-27-53-45(29-51(43)55-47)41-25-37(17-21-49(41)57-53)33-11-13-34(14-12-33)38-18-22-50-42(26-38)46-30-52-44(28-54(46)58-50)40-24-36(16-20-48(40)56-52)32-9-5-2-6-10-32/h1-5,7-9,11-30H,6,10H2. The van der Waals surface area contributed by atoms with Crippen molar-refractivity contribution in [3.63, 3.8) is 0 Å². The van der Waals surface area contributed by atoms with E-state index in [4.69, 9.17) is 17.7 Å². The van der Waals surface area contributed by atoms with Crippen molar-refractivity contribution in [2.45, 2.75) is 12.8 Å². The van der Waals surface area contributed by atoms with Crippen LogP contribution in [0.3, 0.4) is 0 Å². The second kappa shape index (κ2) is 12.0. The van der Waals surface area contributed by atoms with Gasteiger partial charge in [0.15, 0.2) is 0 Å². The van der Waals surface area contributed by atoms with Crippen LogP contribution in [0.1, 0.15) is 18.4 Å². The highest BCUT2D eigenvalue weighted by atomic mass is 16.3. The molecule has 0 unspecified atom stereocenters. The summed E-state index contributed by atoms with van der Waals surface area (Å²) in [7, 11) is 0. The molecule has 13 rings (SSSR count). The first-order chi connectivity index (χ1) is 28.7. The van der Waals surface area contributed by atoms with Gasteiger partial charge in [0.25, 0.3) is 0 Å². The van der Waals surface area contributed by atoms with Gasteiger partial charge in [-0.15, -0.1) is 0 Å². The van der Waals surface area contributed by atoms with Crippen molar-refractivity contribution in [3.8, 4) is 33.4 Å². The van der Waals surface area contributed by atoms with Gasteiger partial charge in [0.2, 0.25) is 0 Å². The van der Waals surface area contributed by atoms with Crippen molar-refractivity contribution in [1.29, 1.82) is 0 Å². The molecular weight excluding hydrogens is 713 g/mol. The number of allylic oxidation sites excluding steroid dienone is 4. The lowest BCUT2D eigenvalue weighted by Gasteiger charge is -2.09. The van der Waals surface area contributed by atoms with E-state index >= 15 is 0 Å². The van der Waals surface area contributed by atoms with E-state index < -0.39 is 0 Å². The summed E-state index contributed by atoms with van der Waals surface area (Å²) in [6.45, 7) is 0. The Morgan fingerprint density at radius 3 is 1.03 bits per heavy atom. The molecule has 0 bridgehead atoms. The van der Waals surface area contributed by atoms with Gasteiger partial charge < -0.3 is 17.7 Å². The van der Waals surface area contributed by atoms with E-state index in [0.29, 0.717) is 0 Å². The smallest absolute Gasteiger partial charge is 0.136 e. The Balaban J connectivity index is 0.837. The summed E-state index contributed by atoms with van der Waals surface area (Å²) in [5.41, 5.74) is 16.4. The zero-order valence-electron chi connectivity index (χ0n) is 31.2. The van der Waals surface area contributed by atoms with E-state index in [9.17, 15) is 0 Å². The fourth-order valence-corrected chi connectivity index (χ4v) is 9.16. The van der Waals surface area contributed by atoms with Crippen molar-refractivity contribution in [2.75, 3.05) is 0 Å². The quantitative estimate of drug-likeness (QED) is 0.180. The molecule has 0 spiro atoms. The highest BCUT2D eigenvalue weighted by molar-refractivity contribution is 6.17. The molecule has 0 amide bonds. The van der Waals surface area contributed by atoms with Gasteiger partial charge in [-0.05, 0) is 130 Å². The predicted octanol–water partition coefficient (Wildman–Crippen LogP) is 16.0. The molecule has 0 radical (unpaired) electrons. The Bertz CT molecular complexity index is 3710. The second-order valence-electron chi connectivity index (χ2n) is 15.5. The van der Waals surface area contributed by atoms with Crippen molar-refractivity contribution >= 4 is 93.3 Å². The first kappa shape index (κ1) is 31.6. The SMILES string of the molecule is C1=CCCC(c2ccc3oc4cc5c(cc4c3c2)oc2ccc(-c3ccc(-c4ccc6oc7cc8c(cc7c6c4)oc4ccc(-c6ccccc6)cc48)cc3)cc25)=C1. The highest BCUT2D eigenvalue weighted by Crippen LogP contribution is 2.41. The molecule has 4 heteroatoms. The lowest BCUT2D eigenvalue weighted by atomic mass is 9.96. The Kier molecular flexibility index (Phi) is 6.53. The van der Waals surface area contributed by atoms with Crippen LogP contribution in [0.4, 0.5) is 0 Å². The van der Waals surface area contributed by atoms with E-state index in [-0.39, 0.29) is 0 Å². The molecular formula is C54H32O4. The first-order valence-electron chi connectivity index (χ1n) is 19.8. The maximum Gasteiger partial charge on any atom is 0.136 e. The van der Waals surface area contributed by atoms with Crippen LogP contribution in [-0.4, -0.2) is 0 Å². The van der Waals surface area contributed by atoms with Gasteiger partial charge in [-0.25, -0.2) is 0 Å². The fraction of sp³-hybridized carbons (Fsp3) is 0.0370. The van der Waals surface area contributed by atoms with Crippen LogP contribution in [0.25, 0.3) is 127 Å². The van der Waals surface area contributed by atoms with Crippen LogP contribution in [0.2, 0.25) is 0 Å². The monoisotopic (exact) mass is 744 g/mol. The fourth-order valence-electron chi connectivity index (χ4n) is 9.16. The lowest BCUT2D eigenvalue weighted by molar-refractivity contribution is 0.664. The summed E-state index contributed by atoms with van der Waals surface area (Å²) in [4.78, 5) is 0. The summed E-state index contributed by atoms with van der Waals surface area (Å²) in [5.74, 6) is 0. The third-order valence-corrected chi connectivity index (χ3v) is 12.2. The molecule has 0 atom stereocenters. The van der Waals surface area contributed by atoms with Crippen LogP contribution in [-0.2, 0) is 0 Å². The summed E-state index contributed by atoms with van der Waals surface area (Å²) in [6, 6.07) is 53.6. The summed E-state index contributed by atoms with van der Waals surface area (Å²) < 4.78 is 25.6. The van der Waals surface area contributed by atoms with Crippen LogP contribution in [0.5, 0.6) is 0 Å². The zero-order chi connectivity index (χ0) is 37.9. The number of hydrogen-bond donors (Lipinski definition) is 0. The van der Waals surface area contributed by atoms with Crippen LogP contribution in [0.15, 0.2) is 188 Å². The molecule has 0 saturated heterocycles. The van der Waals surface area contributed by atoms with Gasteiger partial charge in [0, 0.05) is 43.1 Å². The molecule has 4 nitrogen and oxygen atoms in total. The molecule has 0 saturated carbocycles. The van der Waals surface area contributed by atoms with Gasteiger partial charge in [-0.2, -0.15) is 0 Å². The Morgan fingerprint density at radius 1 is 0.293 bits per heavy atom. The summed E-state index contributed by atoms with van der Waals surface area (Å²) in [5, 5.41) is 8.58. The van der Waals surface area contributed by atoms with Gasteiger partial charge >= 0.3 is 0 Å². The van der Waals surface area contributed by atoms with Crippen LogP contribution in [0, 0.1) is 0 Å². The third kappa shape index (κ3) is 4.82. The molecule has 4 heterocycles. The molecule has 0 fully saturated rings. The zero-order valence-corrected chi connectivity index (χ0v) is 31.2. The van der Waals surface area contributed by atoms with E-state index in [2.05, 4.69) is 164 Å². The number of hydrogen-bond acceptors (Lipinski definition) is 4. The lowest BCUT2D eigenvalue weighted by Crippen LogP contribution is -1.87. The minimum Gasteiger partial charge on any atom is -0.456 e. The van der Waals surface area contributed by atoms with E-state index in [1.165, 1.54) is 16.7 Å². The Hall–Kier alpha value is -7.56. The van der Waals surface area contributed by atoms with Crippen molar-refractivity contribution in [2.24, 2.45) is 0 Å².